The van der Waals surface area contributed by atoms with Crippen molar-refractivity contribution in [2.45, 2.75) is 40.5 Å². The van der Waals surface area contributed by atoms with Crippen LogP contribution in [0.4, 0.5) is 0 Å². The fourth-order valence-electron chi connectivity index (χ4n) is 2.88. The second-order valence-electron chi connectivity index (χ2n) is 5.82. The molecule has 18 heavy (non-hydrogen) atoms. The molecule has 2 rings (SSSR count). The van der Waals surface area contributed by atoms with Crippen LogP contribution in [-0.2, 0) is 6.42 Å². The van der Waals surface area contributed by atoms with E-state index in [1.807, 2.05) is 0 Å². The van der Waals surface area contributed by atoms with Gasteiger partial charge in [0.05, 0.1) is 0 Å². The van der Waals surface area contributed by atoms with Gasteiger partial charge in [0.1, 0.15) is 0 Å². The van der Waals surface area contributed by atoms with E-state index in [0.29, 0.717) is 11.8 Å². The molecule has 0 amide bonds. The van der Waals surface area contributed by atoms with E-state index in [4.69, 9.17) is 0 Å². The third-order valence-electron chi connectivity index (χ3n) is 3.69. The molecule has 0 saturated carbocycles. The molecule has 1 aromatic rings. The lowest BCUT2D eigenvalue weighted by molar-refractivity contribution is 0.616. The molecule has 0 fully saturated rings. The van der Waals surface area contributed by atoms with Crippen molar-refractivity contribution in [1.29, 1.82) is 0 Å². The van der Waals surface area contributed by atoms with Gasteiger partial charge in [0.25, 0.3) is 0 Å². The van der Waals surface area contributed by atoms with Gasteiger partial charge in [-0.15, -0.1) is 0 Å². The van der Waals surface area contributed by atoms with E-state index in [1.54, 1.807) is 0 Å². The summed E-state index contributed by atoms with van der Waals surface area (Å²) in [5.74, 6) is 1.13. The van der Waals surface area contributed by atoms with Crippen molar-refractivity contribution in [3.63, 3.8) is 0 Å². The van der Waals surface area contributed by atoms with Crippen molar-refractivity contribution >= 4 is 5.57 Å². The summed E-state index contributed by atoms with van der Waals surface area (Å²) in [5, 5.41) is 3.67. The van der Waals surface area contributed by atoms with E-state index in [2.05, 4.69) is 57.3 Å². The zero-order valence-corrected chi connectivity index (χ0v) is 12.1. The molecule has 0 aliphatic carbocycles. The first kappa shape index (κ1) is 13.2. The van der Waals surface area contributed by atoms with E-state index < -0.39 is 0 Å². The van der Waals surface area contributed by atoms with Gasteiger partial charge in [0, 0.05) is 12.2 Å². The van der Waals surface area contributed by atoms with Gasteiger partial charge in [-0.25, -0.2) is 0 Å². The Balaban J connectivity index is 2.61. The minimum Gasteiger partial charge on any atom is -0.388 e. The highest BCUT2D eigenvalue weighted by atomic mass is 14.9. The van der Waals surface area contributed by atoms with Gasteiger partial charge in [-0.2, -0.15) is 0 Å². The smallest absolute Gasteiger partial charge is 0.0174 e. The maximum atomic E-state index is 3.67. The van der Waals surface area contributed by atoms with Crippen molar-refractivity contribution in [3.05, 3.63) is 41.1 Å². The Morgan fingerprint density at radius 2 is 1.72 bits per heavy atom. The summed E-state index contributed by atoms with van der Waals surface area (Å²) < 4.78 is 0. The normalized spacial score (nSPS) is 20.3. The average Bonchev–Trinajstić information content (AvgIpc) is 2.29. The predicted octanol–water partition coefficient (Wildman–Crippen LogP) is 4.25. The number of benzene rings is 1. The van der Waals surface area contributed by atoms with Gasteiger partial charge in [-0.05, 0) is 41.4 Å². The molecular formula is C17H25N. The second-order valence-corrected chi connectivity index (χ2v) is 5.82. The summed E-state index contributed by atoms with van der Waals surface area (Å²) in [6.45, 7) is 10.3. The first-order valence-corrected chi connectivity index (χ1v) is 7.17. The van der Waals surface area contributed by atoms with Crippen molar-refractivity contribution in [2.75, 3.05) is 6.54 Å². The molecule has 0 aromatic heterocycles. The molecule has 1 aliphatic heterocycles. The Kier molecular flexibility index (Phi) is 4.11. The van der Waals surface area contributed by atoms with Crippen LogP contribution in [0.25, 0.3) is 5.57 Å². The average molecular weight is 243 g/mol. The predicted molar refractivity (Wildman–Crippen MR) is 79.4 cm³/mol. The zero-order chi connectivity index (χ0) is 13.1. The second kappa shape index (κ2) is 5.60. The van der Waals surface area contributed by atoms with E-state index in [1.165, 1.54) is 35.2 Å². The fraction of sp³-hybridized carbons (Fsp3) is 0.529. The molecule has 1 aliphatic rings. The Hall–Kier alpha value is -1.24. The van der Waals surface area contributed by atoms with Crippen LogP contribution in [0.15, 0.2) is 30.0 Å². The number of aryl methyl sites for hydroxylation is 1. The highest BCUT2D eigenvalue weighted by Crippen LogP contribution is 2.32. The van der Waals surface area contributed by atoms with E-state index >= 15 is 0 Å². The molecule has 1 heterocycles. The Morgan fingerprint density at radius 1 is 1.00 bits per heavy atom. The standard InChI is InChI=1S/C17H25N/c1-12(2)16-15-10-6-5-8-14(15)9-7-11-18-17(16)13(3)4/h5-6,8,10,12-13,18H,7,9,11H2,1-4H3/b17-16-. The van der Waals surface area contributed by atoms with Crippen LogP contribution in [0.1, 0.15) is 45.2 Å². The van der Waals surface area contributed by atoms with Crippen LogP contribution >= 0.6 is 0 Å². The van der Waals surface area contributed by atoms with Crippen LogP contribution in [-0.4, -0.2) is 6.54 Å². The van der Waals surface area contributed by atoms with Gasteiger partial charge in [0.2, 0.25) is 0 Å². The number of fused-ring (bicyclic) bond motifs is 1. The summed E-state index contributed by atoms with van der Waals surface area (Å²) in [6.07, 6.45) is 2.41. The molecule has 0 radical (unpaired) electrons. The van der Waals surface area contributed by atoms with Gasteiger partial charge in [-0.3, -0.25) is 0 Å². The monoisotopic (exact) mass is 243 g/mol. The SMILES string of the molecule is CC(C)/C1=C(\C(C)C)c2ccccc2CCCN1. The maximum absolute atomic E-state index is 3.67. The van der Waals surface area contributed by atoms with Gasteiger partial charge < -0.3 is 5.32 Å². The molecular weight excluding hydrogens is 218 g/mol. The lowest BCUT2D eigenvalue weighted by Crippen LogP contribution is -2.24. The number of hydrogen-bond donors (Lipinski definition) is 1. The lowest BCUT2D eigenvalue weighted by atomic mass is 9.85. The van der Waals surface area contributed by atoms with E-state index in [-0.39, 0.29) is 0 Å². The van der Waals surface area contributed by atoms with Crippen LogP contribution in [0.5, 0.6) is 0 Å². The van der Waals surface area contributed by atoms with Crippen LogP contribution in [0.2, 0.25) is 0 Å². The topological polar surface area (TPSA) is 12.0 Å². The van der Waals surface area contributed by atoms with Gasteiger partial charge in [0.15, 0.2) is 0 Å². The molecule has 1 heteroatoms. The van der Waals surface area contributed by atoms with Crippen molar-refractivity contribution in [1.82, 2.24) is 5.32 Å². The fourth-order valence-corrected chi connectivity index (χ4v) is 2.88. The summed E-state index contributed by atoms with van der Waals surface area (Å²) >= 11 is 0. The zero-order valence-electron chi connectivity index (χ0n) is 12.1. The highest BCUT2D eigenvalue weighted by molar-refractivity contribution is 5.72. The Bertz CT molecular complexity index is 441. The molecule has 1 aromatic carbocycles. The van der Waals surface area contributed by atoms with Gasteiger partial charge in [-0.1, -0.05) is 52.0 Å². The van der Waals surface area contributed by atoms with Crippen LogP contribution in [0.3, 0.4) is 0 Å². The van der Waals surface area contributed by atoms with Crippen molar-refractivity contribution in [3.8, 4) is 0 Å². The van der Waals surface area contributed by atoms with E-state index in [0.717, 1.165) is 6.54 Å². The first-order chi connectivity index (χ1) is 8.61. The largest absolute Gasteiger partial charge is 0.388 e. The third kappa shape index (κ3) is 2.60. The number of hydrogen-bond acceptors (Lipinski definition) is 1. The summed E-state index contributed by atoms with van der Waals surface area (Å²) in [7, 11) is 0. The maximum Gasteiger partial charge on any atom is 0.0174 e. The Morgan fingerprint density at radius 3 is 2.39 bits per heavy atom. The van der Waals surface area contributed by atoms with E-state index in [9.17, 15) is 0 Å². The van der Waals surface area contributed by atoms with Gasteiger partial charge >= 0.3 is 0 Å². The molecule has 1 nitrogen and oxygen atoms in total. The first-order valence-electron chi connectivity index (χ1n) is 7.17. The highest BCUT2D eigenvalue weighted by Gasteiger charge is 2.19. The lowest BCUT2D eigenvalue weighted by Gasteiger charge is -2.27. The quantitative estimate of drug-likeness (QED) is 0.819. The molecule has 0 saturated heterocycles. The molecule has 0 unspecified atom stereocenters. The van der Waals surface area contributed by atoms with Crippen LogP contribution in [0, 0.1) is 11.8 Å². The number of nitrogens with one attached hydrogen (secondary N) is 1. The molecule has 1 N–H and O–H groups in total. The molecule has 0 spiro atoms. The van der Waals surface area contributed by atoms with Crippen LogP contribution < -0.4 is 5.32 Å². The molecule has 0 atom stereocenters. The molecule has 98 valence electrons. The van der Waals surface area contributed by atoms with Crippen molar-refractivity contribution < 1.29 is 0 Å². The molecule has 0 bridgehead atoms. The Labute approximate surface area is 111 Å². The minimum atomic E-state index is 0.563. The summed E-state index contributed by atoms with van der Waals surface area (Å²) in [5.41, 5.74) is 5.93. The number of rotatable bonds is 2. The minimum absolute atomic E-state index is 0.563. The summed E-state index contributed by atoms with van der Waals surface area (Å²) in [4.78, 5) is 0. The number of allylic oxidation sites excluding steroid dienone is 2. The third-order valence-corrected chi connectivity index (χ3v) is 3.69. The van der Waals surface area contributed by atoms with Crippen molar-refractivity contribution in [2.24, 2.45) is 11.8 Å². The summed E-state index contributed by atoms with van der Waals surface area (Å²) in [6, 6.07) is 8.92.